The third kappa shape index (κ3) is 5.04. The zero-order chi connectivity index (χ0) is 23.2. The van der Waals surface area contributed by atoms with Gasteiger partial charge in [-0.15, -0.1) is 0 Å². The van der Waals surface area contributed by atoms with Gasteiger partial charge in [-0.25, -0.2) is 10.4 Å². The van der Waals surface area contributed by atoms with Crippen molar-refractivity contribution in [3.05, 3.63) is 88.7 Å². The number of carbonyl (C=O) groups excluding carboxylic acids is 1. The van der Waals surface area contributed by atoms with E-state index in [2.05, 4.69) is 15.5 Å². The first-order chi connectivity index (χ1) is 16.1. The maximum Gasteiger partial charge on any atom is 0.266 e. The number of hydrogen-bond acceptors (Lipinski definition) is 7. The Kier molecular flexibility index (Phi) is 6.70. The number of amides is 1. The number of phenols is 1. The van der Waals surface area contributed by atoms with E-state index in [1.54, 1.807) is 30.3 Å². The Morgan fingerprint density at radius 1 is 1.15 bits per heavy atom. The van der Waals surface area contributed by atoms with Crippen molar-refractivity contribution < 1.29 is 14.6 Å². The number of methoxy groups -OCH3 is 1. The maximum atomic E-state index is 13.2. The predicted octanol–water partition coefficient (Wildman–Crippen LogP) is 3.34. The van der Waals surface area contributed by atoms with E-state index in [-0.39, 0.29) is 23.0 Å². The molecule has 0 spiro atoms. The lowest BCUT2D eigenvalue weighted by atomic mass is 10.2. The van der Waals surface area contributed by atoms with Crippen LogP contribution in [-0.2, 0) is 4.79 Å². The van der Waals surface area contributed by atoms with E-state index in [0.29, 0.717) is 33.1 Å². The van der Waals surface area contributed by atoms with Crippen LogP contribution in [0, 0.1) is 0 Å². The minimum atomic E-state index is -0.357. The highest BCUT2D eigenvalue weighted by molar-refractivity contribution is 7.99. The van der Waals surface area contributed by atoms with Crippen LogP contribution < -0.4 is 15.7 Å². The first kappa shape index (κ1) is 22.1. The van der Waals surface area contributed by atoms with Gasteiger partial charge in [0.05, 0.1) is 35.7 Å². The summed E-state index contributed by atoms with van der Waals surface area (Å²) in [5, 5.41) is 14.5. The molecule has 8 nitrogen and oxygen atoms in total. The largest absolute Gasteiger partial charge is 0.504 e. The molecule has 1 heterocycles. The number of rotatable bonds is 7. The molecular weight excluding hydrogens is 440 g/mol. The summed E-state index contributed by atoms with van der Waals surface area (Å²) in [7, 11) is 1.45. The van der Waals surface area contributed by atoms with E-state index >= 15 is 0 Å². The number of carbonyl (C=O) groups is 1. The lowest BCUT2D eigenvalue weighted by molar-refractivity contribution is -0.118. The molecule has 2 N–H and O–H groups in total. The van der Waals surface area contributed by atoms with Crippen molar-refractivity contribution in [3.63, 3.8) is 0 Å². The van der Waals surface area contributed by atoms with Crippen LogP contribution in [0.15, 0.2) is 87.8 Å². The summed E-state index contributed by atoms with van der Waals surface area (Å²) in [6.45, 7) is 0. The van der Waals surface area contributed by atoms with Gasteiger partial charge in [0.2, 0.25) is 0 Å². The van der Waals surface area contributed by atoms with Crippen molar-refractivity contribution >= 4 is 34.8 Å². The van der Waals surface area contributed by atoms with E-state index in [1.165, 1.54) is 24.0 Å². The van der Waals surface area contributed by atoms with Gasteiger partial charge in [-0.1, -0.05) is 42.1 Å². The molecule has 166 valence electrons. The fourth-order valence-electron chi connectivity index (χ4n) is 3.13. The molecule has 33 heavy (non-hydrogen) atoms. The number of thioether (sulfide) groups is 1. The Morgan fingerprint density at radius 3 is 2.70 bits per heavy atom. The summed E-state index contributed by atoms with van der Waals surface area (Å²) >= 11 is 1.15. The summed E-state index contributed by atoms with van der Waals surface area (Å²) in [6, 6.07) is 21.0. The minimum absolute atomic E-state index is 0.00779. The van der Waals surface area contributed by atoms with Crippen molar-refractivity contribution in [1.82, 2.24) is 15.0 Å². The Labute approximate surface area is 193 Å². The van der Waals surface area contributed by atoms with Crippen molar-refractivity contribution in [2.75, 3.05) is 12.9 Å². The average Bonchev–Trinajstić information content (AvgIpc) is 2.84. The number of para-hydroxylation sites is 2. The van der Waals surface area contributed by atoms with E-state index in [1.807, 2.05) is 36.4 Å². The fraction of sp³-hybridized carbons (Fsp3) is 0.0833. The zero-order valence-corrected chi connectivity index (χ0v) is 18.5. The molecule has 0 fully saturated rings. The van der Waals surface area contributed by atoms with Crippen LogP contribution in [0.3, 0.4) is 0 Å². The molecule has 0 unspecified atom stereocenters. The van der Waals surface area contributed by atoms with Crippen LogP contribution >= 0.6 is 11.8 Å². The van der Waals surface area contributed by atoms with Crippen LogP contribution in [0.1, 0.15) is 5.56 Å². The van der Waals surface area contributed by atoms with Gasteiger partial charge in [0.1, 0.15) is 0 Å². The molecule has 0 atom stereocenters. The quantitative estimate of drug-likeness (QED) is 0.190. The van der Waals surface area contributed by atoms with Crippen LogP contribution in [-0.4, -0.2) is 39.6 Å². The van der Waals surface area contributed by atoms with Gasteiger partial charge in [-0.3, -0.25) is 14.2 Å². The van der Waals surface area contributed by atoms with Gasteiger partial charge in [-0.05, 0) is 48.0 Å². The molecule has 1 aromatic heterocycles. The van der Waals surface area contributed by atoms with Crippen LogP contribution in [0.25, 0.3) is 16.6 Å². The average molecular weight is 461 g/mol. The highest BCUT2D eigenvalue weighted by atomic mass is 32.2. The van der Waals surface area contributed by atoms with Gasteiger partial charge >= 0.3 is 0 Å². The lowest BCUT2D eigenvalue weighted by Crippen LogP contribution is -2.24. The monoisotopic (exact) mass is 460 g/mol. The summed E-state index contributed by atoms with van der Waals surface area (Å²) in [5.41, 5.74) is 4.14. The fourth-order valence-corrected chi connectivity index (χ4v) is 3.93. The number of fused-ring (bicyclic) bond motifs is 1. The number of benzene rings is 3. The Morgan fingerprint density at radius 2 is 1.91 bits per heavy atom. The topological polar surface area (TPSA) is 106 Å². The van der Waals surface area contributed by atoms with Crippen LogP contribution in [0.4, 0.5) is 0 Å². The molecular formula is C24H20N4O4S. The van der Waals surface area contributed by atoms with Crippen LogP contribution in [0.2, 0.25) is 0 Å². The normalized spacial score (nSPS) is 11.1. The molecule has 0 aliphatic rings. The van der Waals surface area contributed by atoms with Crippen molar-refractivity contribution in [3.8, 4) is 17.2 Å². The predicted molar refractivity (Wildman–Crippen MR) is 128 cm³/mol. The van der Waals surface area contributed by atoms with Crippen molar-refractivity contribution in [2.45, 2.75) is 5.16 Å². The summed E-state index contributed by atoms with van der Waals surface area (Å²) in [5.74, 6) is -0.0260. The van der Waals surface area contributed by atoms with Crippen molar-refractivity contribution in [1.29, 1.82) is 0 Å². The number of phenolic OH excluding ortho intramolecular Hbond substituents is 1. The molecule has 0 radical (unpaired) electrons. The number of aromatic nitrogens is 2. The third-order valence-electron chi connectivity index (χ3n) is 4.70. The molecule has 4 aromatic rings. The molecule has 0 saturated carbocycles. The maximum absolute atomic E-state index is 13.2. The molecule has 0 aliphatic carbocycles. The second kappa shape index (κ2) is 10.0. The van der Waals surface area contributed by atoms with Gasteiger partial charge in [0.15, 0.2) is 16.7 Å². The SMILES string of the molecule is COc1cc(C=NNC(=O)CSc2nc3ccccc3c(=O)n2-c2ccccc2)ccc1O. The lowest BCUT2D eigenvalue weighted by Gasteiger charge is -2.12. The number of aromatic hydroxyl groups is 1. The third-order valence-corrected chi connectivity index (χ3v) is 5.64. The Hall–Kier alpha value is -4.11. The summed E-state index contributed by atoms with van der Waals surface area (Å²) in [4.78, 5) is 30.1. The summed E-state index contributed by atoms with van der Waals surface area (Å²) in [6.07, 6.45) is 1.44. The molecule has 3 aromatic carbocycles. The van der Waals surface area contributed by atoms with Gasteiger partial charge in [-0.2, -0.15) is 5.10 Å². The minimum Gasteiger partial charge on any atom is -0.504 e. The first-order valence-corrected chi connectivity index (χ1v) is 10.9. The Bertz CT molecular complexity index is 1390. The van der Waals surface area contributed by atoms with E-state index in [4.69, 9.17) is 4.74 Å². The van der Waals surface area contributed by atoms with E-state index in [0.717, 1.165) is 11.8 Å². The smallest absolute Gasteiger partial charge is 0.266 e. The molecule has 0 bridgehead atoms. The molecule has 1 amide bonds. The van der Waals surface area contributed by atoms with Gasteiger partial charge in [0, 0.05) is 0 Å². The van der Waals surface area contributed by atoms with E-state index in [9.17, 15) is 14.7 Å². The number of nitrogens with one attached hydrogen (secondary N) is 1. The molecule has 4 rings (SSSR count). The summed E-state index contributed by atoms with van der Waals surface area (Å²) < 4.78 is 6.56. The number of ether oxygens (including phenoxy) is 1. The second-order valence-corrected chi connectivity index (χ2v) is 7.84. The van der Waals surface area contributed by atoms with Crippen molar-refractivity contribution in [2.24, 2.45) is 5.10 Å². The standard InChI is InChI=1S/C24H20N4O4S/c1-32-21-13-16(11-12-20(21)29)14-25-27-22(30)15-33-24-26-19-10-6-5-9-18(19)23(31)28(24)17-7-3-2-4-8-17/h2-14,29H,15H2,1H3,(H,27,30). The highest BCUT2D eigenvalue weighted by Crippen LogP contribution is 2.25. The van der Waals surface area contributed by atoms with Crippen LogP contribution in [0.5, 0.6) is 11.5 Å². The Balaban J connectivity index is 1.52. The second-order valence-electron chi connectivity index (χ2n) is 6.90. The van der Waals surface area contributed by atoms with E-state index < -0.39 is 0 Å². The zero-order valence-electron chi connectivity index (χ0n) is 17.6. The molecule has 0 aliphatic heterocycles. The first-order valence-electron chi connectivity index (χ1n) is 9.96. The highest BCUT2D eigenvalue weighted by Gasteiger charge is 2.14. The van der Waals surface area contributed by atoms with Gasteiger partial charge in [0.25, 0.3) is 11.5 Å². The number of hydrogen-bond donors (Lipinski definition) is 2. The molecule has 0 saturated heterocycles. The molecule has 9 heteroatoms. The number of hydrazone groups is 1. The van der Waals surface area contributed by atoms with Gasteiger partial charge < -0.3 is 9.84 Å². The number of nitrogens with zero attached hydrogens (tertiary/aromatic N) is 3.